The van der Waals surface area contributed by atoms with Gasteiger partial charge < -0.3 is 21.4 Å². The first-order valence-electron chi connectivity index (χ1n) is 7.76. The van der Waals surface area contributed by atoms with Crippen LogP contribution in [0.2, 0.25) is 0 Å². The Morgan fingerprint density at radius 1 is 1.27 bits per heavy atom. The molecule has 1 saturated carbocycles. The summed E-state index contributed by atoms with van der Waals surface area (Å²) in [5, 5.41) is 2.03. The molecule has 140 valence electrons. The second-order valence-corrected chi connectivity index (χ2v) is 5.98. The number of fused-ring (bicyclic) bond motifs is 1. The van der Waals surface area contributed by atoms with Gasteiger partial charge >= 0.3 is 6.18 Å². The van der Waals surface area contributed by atoms with E-state index in [0.717, 1.165) is 31.2 Å². The number of rotatable bonds is 5. The Morgan fingerprint density at radius 3 is 2.50 bits per heavy atom. The first-order chi connectivity index (χ1) is 12.2. The molecule has 1 aliphatic rings. The third kappa shape index (κ3) is 3.73. The summed E-state index contributed by atoms with van der Waals surface area (Å²) in [6.45, 7) is -1.30. The van der Waals surface area contributed by atoms with Crippen LogP contribution in [-0.4, -0.2) is 22.3 Å². The lowest BCUT2D eigenvalue weighted by molar-refractivity contribution is -0.123. The second kappa shape index (κ2) is 6.50. The highest BCUT2D eigenvalue weighted by Crippen LogP contribution is 2.40. The summed E-state index contributed by atoms with van der Waals surface area (Å²) in [7, 11) is 0. The quantitative estimate of drug-likeness (QED) is 0.556. The summed E-state index contributed by atoms with van der Waals surface area (Å²) < 4.78 is 65.7. The Labute approximate surface area is 145 Å². The van der Waals surface area contributed by atoms with Gasteiger partial charge in [0, 0.05) is 29.9 Å². The van der Waals surface area contributed by atoms with Gasteiger partial charge in [-0.25, -0.2) is 13.8 Å². The fourth-order valence-corrected chi connectivity index (χ4v) is 2.60. The number of halogens is 5. The molecule has 5 nitrogen and oxygen atoms in total. The maximum absolute atomic E-state index is 13.6. The van der Waals surface area contributed by atoms with E-state index in [-0.39, 0.29) is 28.8 Å². The molecule has 0 bridgehead atoms. The number of alkyl halides is 3. The molecule has 1 aliphatic carbocycles. The van der Waals surface area contributed by atoms with Gasteiger partial charge in [0.1, 0.15) is 12.4 Å². The Hall–Kier alpha value is -2.78. The van der Waals surface area contributed by atoms with Crippen molar-refractivity contribution in [2.24, 2.45) is 11.5 Å². The van der Waals surface area contributed by atoms with Gasteiger partial charge in [-0.2, -0.15) is 13.2 Å². The van der Waals surface area contributed by atoms with Gasteiger partial charge in [0.25, 0.3) is 0 Å². The Bertz CT molecular complexity index is 893. The van der Waals surface area contributed by atoms with Crippen molar-refractivity contribution in [2.75, 3.05) is 6.54 Å². The molecule has 0 spiro atoms. The van der Waals surface area contributed by atoms with Crippen LogP contribution in [0.15, 0.2) is 30.2 Å². The van der Waals surface area contributed by atoms with Crippen LogP contribution in [0.1, 0.15) is 24.7 Å². The Kier molecular flexibility index (Phi) is 4.51. The lowest BCUT2D eigenvalue weighted by Crippen LogP contribution is -2.31. The zero-order chi connectivity index (χ0) is 19.1. The van der Waals surface area contributed by atoms with Gasteiger partial charge in [-0.05, 0) is 18.9 Å². The van der Waals surface area contributed by atoms with Crippen LogP contribution in [0.5, 0.6) is 0 Å². The molecular formula is C16H16F5N5. The molecule has 1 aromatic carbocycles. The molecule has 1 fully saturated rings. The van der Waals surface area contributed by atoms with Crippen LogP contribution in [0.4, 0.5) is 22.0 Å². The van der Waals surface area contributed by atoms with Crippen LogP contribution in [0, 0.1) is 11.6 Å². The van der Waals surface area contributed by atoms with Gasteiger partial charge in [-0.3, -0.25) is 0 Å². The maximum atomic E-state index is 13.6. The predicted octanol–water partition coefficient (Wildman–Crippen LogP) is 2.90. The van der Waals surface area contributed by atoms with E-state index in [2.05, 4.69) is 4.98 Å². The van der Waals surface area contributed by atoms with E-state index >= 15 is 0 Å². The average Bonchev–Trinajstić information content (AvgIpc) is 3.33. The van der Waals surface area contributed by atoms with Crippen LogP contribution in [0.3, 0.4) is 0 Å². The van der Waals surface area contributed by atoms with Gasteiger partial charge in [-0.15, -0.1) is 0 Å². The molecule has 1 heterocycles. The van der Waals surface area contributed by atoms with Crippen LogP contribution >= 0.6 is 0 Å². The fraction of sp³-hybridized carbons (Fsp3) is 0.312. The first-order valence-corrected chi connectivity index (χ1v) is 7.76. The number of hydrogen-bond acceptors (Lipinski definition) is 4. The number of imidazole rings is 1. The number of hydrogen-bond donors (Lipinski definition) is 3. The molecule has 10 heteroatoms. The maximum Gasteiger partial charge on any atom is 0.405 e. The third-order valence-electron chi connectivity index (χ3n) is 3.89. The smallest absolute Gasteiger partial charge is 0.404 e. The molecule has 1 aromatic heterocycles. The van der Waals surface area contributed by atoms with Crippen molar-refractivity contribution in [1.29, 1.82) is 0 Å². The molecule has 0 unspecified atom stereocenters. The van der Waals surface area contributed by atoms with E-state index in [4.69, 9.17) is 11.5 Å². The predicted molar refractivity (Wildman–Crippen MR) is 86.4 cm³/mol. The van der Waals surface area contributed by atoms with Crippen molar-refractivity contribution in [3.05, 3.63) is 47.7 Å². The average molecular weight is 373 g/mol. The highest BCUT2D eigenvalue weighted by molar-refractivity contribution is 5.82. The monoisotopic (exact) mass is 373 g/mol. The van der Waals surface area contributed by atoms with Gasteiger partial charge in [0.15, 0.2) is 11.6 Å². The van der Waals surface area contributed by atoms with Crippen molar-refractivity contribution < 1.29 is 22.0 Å². The molecule has 0 saturated heterocycles. The molecule has 26 heavy (non-hydrogen) atoms. The molecule has 5 N–H and O–H groups in total. The summed E-state index contributed by atoms with van der Waals surface area (Å²) in [5.41, 5.74) is 12.0. The van der Waals surface area contributed by atoms with Crippen LogP contribution in [0.25, 0.3) is 16.6 Å². The van der Waals surface area contributed by atoms with Crippen LogP contribution in [-0.2, 0) is 0 Å². The van der Waals surface area contributed by atoms with E-state index in [1.807, 2.05) is 5.32 Å². The van der Waals surface area contributed by atoms with Crippen molar-refractivity contribution in [1.82, 2.24) is 14.9 Å². The van der Waals surface area contributed by atoms with Crippen molar-refractivity contribution in [2.45, 2.75) is 25.1 Å². The lowest BCUT2D eigenvalue weighted by Gasteiger charge is -2.11. The Balaban J connectivity index is 2.01. The van der Waals surface area contributed by atoms with E-state index in [1.165, 1.54) is 6.08 Å². The molecule has 0 amide bonds. The van der Waals surface area contributed by atoms with E-state index < -0.39 is 24.4 Å². The van der Waals surface area contributed by atoms with E-state index in [9.17, 15) is 22.0 Å². The minimum Gasteiger partial charge on any atom is -0.404 e. The zero-order valence-electron chi connectivity index (χ0n) is 13.4. The van der Waals surface area contributed by atoms with E-state index in [0.29, 0.717) is 5.52 Å². The third-order valence-corrected chi connectivity index (χ3v) is 3.89. The van der Waals surface area contributed by atoms with Crippen LogP contribution < -0.4 is 16.8 Å². The number of nitrogens with two attached hydrogens (primary N) is 2. The summed E-state index contributed by atoms with van der Waals surface area (Å²) >= 11 is 0. The molecule has 0 atom stereocenters. The topological polar surface area (TPSA) is 81.9 Å². The summed E-state index contributed by atoms with van der Waals surface area (Å²) in [5.74, 6) is -2.02. The SMILES string of the molecule is N/C=C(\C=C(/N)NCC(F)(F)F)c1nc2cc(F)c(F)cc2n1C1CC1. The molecular weight excluding hydrogens is 357 g/mol. The number of allylic oxidation sites excluding steroid dienone is 2. The Morgan fingerprint density at radius 2 is 1.92 bits per heavy atom. The van der Waals surface area contributed by atoms with Crippen molar-refractivity contribution in [3.63, 3.8) is 0 Å². The minimum absolute atomic E-state index is 0.0348. The highest BCUT2D eigenvalue weighted by Gasteiger charge is 2.30. The van der Waals surface area contributed by atoms with Gasteiger partial charge in [0.05, 0.1) is 16.9 Å². The number of benzene rings is 1. The fourth-order valence-electron chi connectivity index (χ4n) is 2.60. The summed E-state index contributed by atoms with van der Waals surface area (Å²) in [6.07, 6.45) is -0.448. The van der Waals surface area contributed by atoms with E-state index in [1.54, 1.807) is 4.57 Å². The summed E-state index contributed by atoms with van der Waals surface area (Å²) in [6, 6.07) is 2.05. The minimum atomic E-state index is -4.43. The number of nitrogens with one attached hydrogen (secondary N) is 1. The summed E-state index contributed by atoms with van der Waals surface area (Å²) in [4.78, 5) is 4.27. The number of nitrogens with zero attached hydrogens (tertiary/aromatic N) is 2. The molecule has 0 radical (unpaired) electrons. The first kappa shape index (κ1) is 18.0. The van der Waals surface area contributed by atoms with Crippen molar-refractivity contribution >= 4 is 16.6 Å². The van der Waals surface area contributed by atoms with Crippen molar-refractivity contribution in [3.8, 4) is 0 Å². The van der Waals surface area contributed by atoms with Gasteiger partial charge in [-0.1, -0.05) is 0 Å². The normalized spacial score (nSPS) is 16.3. The van der Waals surface area contributed by atoms with Gasteiger partial charge in [0.2, 0.25) is 0 Å². The standard InChI is InChI=1S/C16H16F5N5/c17-10-4-12-13(5-11(10)18)26(9-1-2-9)15(25-12)8(6-22)3-14(23)24-7-16(19,20)21/h3-6,9,24H,1-2,7,22-23H2/b8-6+,14-3+. The zero-order valence-corrected chi connectivity index (χ0v) is 13.4. The molecule has 2 aromatic rings. The molecule has 3 rings (SSSR count). The largest absolute Gasteiger partial charge is 0.405 e. The lowest BCUT2D eigenvalue weighted by atomic mass is 10.2. The number of aromatic nitrogens is 2. The second-order valence-electron chi connectivity index (χ2n) is 5.98. The molecule has 0 aliphatic heterocycles. The highest BCUT2D eigenvalue weighted by atomic mass is 19.4.